The van der Waals surface area contributed by atoms with Gasteiger partial charge in [-0.15, -0.1) is 0 Å². The molecule has 0 atom stereocenters. The third-order valence-electron chi connectivity index (χ3n) is 3.21. The van der Waals surface area contributed by atoms with Crippen LogP contribution in [-0.4, -0.2) is 9.55 Å². The van der Waals surface area contributed by atoms with Crippen LogP contribution in [0.1, 0.15) is 38.2 Å². The highest BCUT2D eigenvalue weighted by Crippen LogP contribution is 2.20. The maximum atomic E-state index is 4.45. The molecule has 0 unspecified atom stereocenters. The molecule has 0 saturated heterocycles. The summed E-state index contributed by atoms with van der Waals surface area (Å²) in [6.45, 7) is 5.49. The molecule has 96 valence electrons. The molecule has 0 N–H and O–H groups in total. The third kappa shape index (κ3) is 3.22. The molecule has 2 heterocycles. The highest BCUT2D eigenvalue weighted by molar-refractivity contribution is 5.56. The Morgan fingerprint density at radius 2 is 2.06 bits per heavy atom. The van der Waals surface area contributed by atoms with Gasteiger partial charge in [-0.1, -0.05) is 32.3 Å². The quantitative estimate of drug-likeness (QED) is 0.685. The minimum atomic E-state index is 1.07. The Bertz CT molecular complexity index is 471. The van der Waals surface area contributed by atoms with Crippen LogP contribution in [0.5, 0.6) is 0 Å². The summed E-state index contributed by atoms with van der Waals surface area (Å²) in [6, 6.07) is 8.32. The van der Waals surface area contributed by atoms with Gasteiger partial charge in [0, 0.05) is 18.9 Å². The van der Waals surface area contributed by atoms with E-state index in [4.69, 9.17) is 0 Å². The largest absolute Gasteiger partial charge is 0.346 e. The number of aryl methyl sites for hydroxylation is 2. The van der Waals surface area contributed by atoms with Gasteiger partial charge in [-0.2, -0.15) is 0 Å². The number of hydrogen-bond donors (Lipinski definition) is 0. The van der Waals surface area contributed by atoms with Crippen LogP contribution in [0.15, 0.2) is 36.7 Å². The fourth-order valence-corrected chi connectivity index (χ4v) is 2.28. The van der Waals surface area contributed by atoms with Crippen LogP contribution in [-0.2, 0) is 6.54 Å². The Morgan fingerprint density at radius 1 is 1.17 bits per heavy atom. The summed E-state index contributed by atoms with van der Waals surface area (Å²) in [6.07, 6.45) is 9.28. The molecule has 2 nitrogen and oxygen atoms in total. The molecule has 0 aliphatic rings. The highest BCUT2D eigenvalue weighted by atomic mass is 15.0. The zero-order valence-electron chi connectivity index (χ0n) is 11.4. The van der Waals surface area contributed by atoms with Crippen molar-refractivity contribution in [2.75, 3.05) is 0 Å². The molecule has 0 bridgehead atoms. The number of hydrogen-bond acceptors (Lipinski definition) is 1. The molecule has 0 saturated carbocycles. The van der Waals surface area contributed by atoms with Gasteiger partial charge in [0.1, 0.15) is 0 Å². The lowest BCUT2D eigenvalue weighted by atomic mass is 10.2. The van der Waals surface area contributed by atoms with Crippen LogP contribution in [0.2, 0.25) is 0 Å². The summed E-state index contributed by atoms with van der Waals surface area (Å²) >= 11 is 0. The van der Waals surface area contributed by atoms with Crippen molar-refractivity contribution in [1.82, 2.24) is 9.55 Å². The lowest BCUT2D eigenvalue weighted by molar-refractivity contribution is 0.586. The van der Waals surface area contributed by atoms with Gasteiger partial charge < -0.3 is 4.57 Å². The smallest absolute Gasteiger partial charge is 0.0866 e. The van der Waals surface area contributed by atoms with Crippen LogP contribution >= 0.6 is 0 Å². The second-order valence-electron chi connectivity index (χ2n) is 4.87. The summed E-state index contributed by atoms with van der Waals surface area (Å²) in [7, 11) is 0. The van der Waals surface area contributed by atoms with Gasteiger partial charge in [0.2, 0.25) is 0 Å². The van der Waals surface area contributed by atoms with E-state index in [0.29, 0.717) is 0 Å². The van der Waals surface area contributed by atoms with Crippen LogP contribution in [0.4, 0.5) is 0 Å². The first-order chi connectivity index (χ1) is 8.81. The summed E-state index contributed by atoms with van der Waals surface area (Å²) in [4.78, 5) is 4.45. The SMILES string of the molecule is CCCCCCn1cc(C)cc1-c1ccccn1. The molecule has 0 aromatic carbocycles. The van der Waals surface area contributed by atoms with Crippen molar-refractivity contribution in [2.24, 2.45) is 0 Å². The Kier molecular flexibility index (Phi) is 4.57. The van der Waals surface area contributed by atoms with Gasteiger partial charge >= 0.3 is 0 Å². The predicted octanol–water partition coefficient (Wildman–Crippen LogP) is 4.44. The topological polar surface area (TPSA) is 17.8 Å². The first-order valence-electron chi connectivity index (χ1n) is 6.89. The zero-order chi connectivity index (χ0) is 12.8. The second-order valence-corrected chi connectivity index (χ2v) is 4.87. The molecule has 0 fully saturated rings. The van der Waals surface area contributed by atoms with Gasteiger partial charge in [-0.3, -0.25) is 4.98 Å². The Morgan fingerprint density at radius 3 is 2.78 bits per heavy atom. The molecule has 2 aromatic heterocycles. The Balaban J connectivity index is 2.11. The molecular formula is C16H22N2. The normalized spacial score (nSPS) is 10.8. The van der Waals surface area contributed by atoms with Crippen LogP contribution in [0.3, 0.4) is 0 Å². The van der Waals surface area contributed by atoms with Crippen LogP contribution in [0, 0.1) is 6.92 Å². The summed E-state index contributed by atoms with van der Waals surface area (Å²) < 4.78 is 2.34. The first kappa shape index (κ1) is 12.9. The molecule has 0 amide bonds. The van der Waals surface area contributed by atoms with Crippen molar-refractivity contribution >= 4 is 0 Å². The predicted molar refractivity (Wildman–Crippen MR) is 76.5 cm³/mol. The van der Waals surface area contributed by atoms with E-state index >= 15 is 0 Å². The third-order valence-corrected chi connectivity index (χ3v) is 3.21. The molecule has 18 heavy (non-hydrogen) atoms. The summed E-state index contributed by atoms with van der Waals surface area (Å²) in [5, 5.41) is 0. The average molecular weight is 242 g/mol. The van der Waals surface area contributed by atoms with E-state index in [1.54, 1.807) is 0 Å². The standard InChI is InChI=1S/C16H22N2/c1-3-4-5-8-11-18-13-14(2)12-16(18)15-9-6-7-10-17-15/h6-7,9-10,12-13H,3-5,8,11H2,1-2H3. The maximum Gasteiger partial charge on any atom is 0.0866 e. The van der Waals surface area contributed by atoms with Crippen molar-refractivity contribution in [3.05, 3.63) is 42.2 Å². The Labute approximate surface area is 110 Å². The van der Waals surface area contributed by atoms with Gasteiger partial charge in [0.25, 0.3) is 0 Å². The van der Waals surface area contributed by atoms with E-state index in [9.17, 15) is 0 Å². The van der Waals surface area contributed by atoms with Gasteiger partial charge in [0.15, 0.2) is 0 Å². The highest BCUT2D eigenvalue weighted by Gasteiger charge is 2.06. The lowest BCUT2D eigenvalue weighted by Crippen LogP contribution is -1.99. The van der Waals surface area contributed by atoms with E-state index in [0.717, 1.165) is 12.2 Å². The van der Waals surface area contributed by atoms with Gasteiger partial charge in [-0.05, 0) is 37.1 Å². The summed E-state index contributed by atoms with van der Waals surface area (Å²) in [5.41, 5.74) is 3.62. The van der Waals surface area contributed by atoms with Crippen LogP contribution in [0.25, 0.3) is 11.4 Å². The second kappa shape index (κ2) is 6.39. The van der Waals surface area contributed by atoms with E-state index < -0.39 is 0 Å². The van der Waals surface area contributed by atoms with Crippen LogP contribution < -0.4 is 0 Å². The van der Waals surface area contributed by atoms with Crippen molar-refractivity contribution in [3.63, 3.8) is 0 Å². The lowest BCUT2D eigenvalue weighted by Gasteiger charge is -2.08. The number of nitrogens with zero attached hydrogens (tertiary/aromatic N) is 2. The van der Waals surface area contributed by atoms with Crippen molar-refractivity contribution in [1.29, 1.82) is 0 Å². The number of pyridine rings is 1. The van der Waals surface area contributed by atoms with Gasteiger partial charge in [-0.25, -0.2) is 0 Å². The monoisotopic (exact) mass is 242 g/mol. The van der Waals surface area contributed by atoms with E-state index in [-0.39, 0.29) is 0 Å². The minimum absolute atomic E-state index is 1.07. The maximum absolute atomic E-state index is 4.45. The number of aromatic nitrogens is 2. The van der Waals surface area contributed by atoms with Crippen molar-refractivity contribution in [2.45, 2.75) is 46.1 Å². The average Bonchev–Trinajstić information content (AvgIpc) is 2.77. The van der Waals surface area contributed by atoms with Gasteiger partial charge in [0.05, 0.1) is 11.4 Å². The van der Waals surface area contributed by atoms with E-state index in [2.05, 4.69) is 41.7 Å². The molecule has 2 aromatic rings. The number of rotatable bonds is 6. The molecule has 0 aliphatic heterocycles. The van der Waals surface area contributed by atoms with E-state index in [1.807, 2.05) is 18.3 Å². The molecular weight excluding hydrogens is 220 g/mol. The summed E-state index contributed by atoms with van der Waals surface area (Å²) in [5.74, 6) is 0. The molecule has 0 spiro atoms. The van der Waals surface area contributed by atoms with E-state index in [1.165, 1.54) is 36.9 Å². The molecule has 2 rings (SSSR count). The zero-order valence-corrected chi connectivity index (χ0v) is 11.4. The fraction of sp³-hybridized carbons (Fsp3) is 0.438. The molecule has 0 radical (unpaired) electrons. The number of unbranched alkanes of at least 4 members (excludes halogenated alkanes) is 3. The molecule has 0 aliphatic carbocycles. The molecule has 2 heteroatoms. The Hall–Kier alpha value is -1.57. The fourth-order valence-electron chi connectivity index (χ4n) is 2.28. The minimum Gasteiger partial charge on any atom is -0.346 e. The van der Waals surface area contributed by atoms with Crippen molar-refractivity contribution in [3.8, 4) is 11.4 Å². The first-order valence-corrected chi connectivity index (χ1v) is 6.89. The van der Waals surface area contributed by atoms with Crippen molar-refractivity contribution < 1.29 is 0 Å².